The highest BCUT2D eigenvalue weighted by molar-refractivity contribution is 14.0. The highest BCUT2D eigenvalue weighted by Gasteiger charge is 2.19. The Morgan fingerprint density at radius 1 is 1.48 bits per heavy atom. The van der Waals surface area contributed by atoms with E-state index in [9.17, 15) is 4.39 Å². The molecule has 0 radical (unpaired) electrons. The number of likely N-dealkylation sites (tertiary alicyclic amines) is 1. The third-order valence-corrected chi connectivity index (χ3v) is 4.03. The number of halogens is 2. The Kier molecular flexibility index (Phi) is 8.83. The topological polar surface area (TPSA) is 36.9 Å². The minimum atomic E-state index is -0.222. The first-order chi connectivity index (χ1) is 10.6. The van der Waals surface area contributed by atoms with Crippen LogP contribution >= 0.6 is 24.0 Å². The van der Waals surface area contributed by atoms with E-state index in [2.05, 4.69) is 22.1 Å². The molecule has 0 saturated carbocycles. The van der Waals surface area contributed by atoms with Gasteiger partial charge in [-0.2, -0.15) is 0 Å². The molecule has 0 spiro atoms. The zero-order valence-electron chi connectivity index (χ0n) is 14.1. The Bertz CT molecular complexity index is 525. The summed E-state index contributed by atoms with van der Waals surface area (Å²) in [7, 11) is 3.38. The Labute approximate surface area is 155 Å². The lowest BCUT2D eigenvalue weighted by molar-refractivity contribution is 0.181. The van der Waals surface area contributed by atoms with Crippen LogP contribution in [0.3, 0.4) is 0 Å². The fourth-order valence-electron chi connectivity index (χ4n) is 2.90. The van der Waals surface area contributed by atoms with Crippen molar-refractivity contribution < 1.29 is 9.13 Å². The number of ether oxygens (including phenoxy) is 1. The summed E-state index contributed by atoms with van der Waals surface area (Å²) in [4.78, 5) is 6.67. The third-order valence-electron chi connectivity index (χ3n) is 4.03. The van der Waals surface area contributed by atoms with Crippen LogP contribution in [0.4, 0.5) is 4.39 Å². The largest absolute Gasteiger partial charge is 0.380 e. The molecule has 1 atom stereocenters. The van der Waals surface area contributed by atoms with Gasteiger partial charge in [0, 0.05) is 39.4 Å². The summed E-state index contributed by atoms with van der Waals surface area (Å²) >= 11 is 0. The van der Waals surface area contributed by atoms with Gasteiger partial charge < -0.3 is 15.0 Å². The molecule has 1 N–H and O–H groups in total. The van der Waals surface area contributed by atoms with Crippen molar-refractivity contribution in [3.05, 3.63) is 35.1 Å². The molecule has 0 aliphatic carbocycles. The number of nitrogens with zero attached hydrogens (tertiary/aromatic N) is 2. The quantitative estimate of drug-likeness (QED) is 0.448. The van der Waals surface area contributed by atoms with Crippen LogP contribution in [0.2, 0.25) is 0 Å². The number of rotatable bonds is 4. The van der Waals surface area contributed by atoms with Gasteiger partial charge in [0.05, 0.1) is 6.61 Å². The van der Waals surface area contributed by atoms with E-state index < -0.39 is 0 Å². The van der Waals surface area contributed by atoms with Crippen molar-refractivity contribution in [3.63, 3.8) is 0 Å². The Morgan fingerprint density at radius 3 is 2.91 bits per heavy atom. The van der Waals surface area contributed by atoms with Crippen molar-refractivity contribution in [2.75, 3.05) is 27.2 Å². The Balaban J connectivity index is 0.00000264. The van der Waals surface area contributed by atoms with Crippen LogP contribution in [0.5, 0.6) is 0 Å². The normalized spacial score (nSPS) is 18.5. The molecule has 0 bridgehead atoms. The summed E-state index contributed by atoms with van der Waals surface area (Å²) in [5, 5.41) is 3.38. The van der Waals surface area contributed by atoms with Crippen molar-refractivity contribution in [3.8, 4) is 0 Å². The summed E-state index contributed by atoms with van der Waals surface area (Å²) < 4.78 is 18.6. The van der Waals surface area contributed by atoms with Gasteiger partial charge in [-0.25, -0.2) is 4.39 Å². The lowest BCUT2D eigenvalue weighted by atomic mass is 10.0. The SMILES string of the molecule is CN=C(NCc1ccc(F)c(COC)c1)N1CCCC(C)C1.I. The summed E-state index contributed by atoms with van der Waals surface area (Å²) in [6.07, 6.45) is 2.49. The van der Waals surface area contributed by atoms with E-state index in [1.54, 1.807) is 13.2 Å². The van der Waals surface area contributed by atoms with E-state index in [0.29, 0.717) is 18.0 Å². The first-order valence-corrected chi connectivity index (χ1v) is 7.86. The van der Waals surface area contributed by atoms with Gasteiger partial charge in [-0.05, 0) is 36.5 Å². The van der Waals surface area contributed by atoms with Crippen molar-refractivity contribution in [2.45, 2.75) is 32.9 Å². The molecule has 0 amide bonds. The second-order valence-electron chi connectivity index (χ2n) is 5.95. The minimum Gasteiger partial charge on any atom is -0.380 e. The van der Waals surface area contributed by atoms with E-state index in [1.807, 2.05) is 13.1 Å². The van der Waals surface area contributed by atoms with Crippen LogP contribution < -0.4 is 5.32 Å². The van der Waals surface area contributed by atoms with Crippen LogP contribution in [-0.2, 0) is 17.9 Å². The Morgan fingerprint density at radius 2 is 2.26 bits per heavy atom. The summed E-state index contributed by atoms with van der Waals surface area (Å²) in [6.45, 7) is 5.28. The van der Waals surface area contributed by atoms with Gasteiger partial charge in [0.1, 0.15) is 5.82 Å². The molecule has 4 nitrogen and oxygen atoms in total. The van der Waals surface area contributed by atoms with Crippen LogP contribution in [0, 0.1) is 11.7 Å². The van der Waals surface area contributed by atoms with Crippen molar-refractivity contribution in [1.29, 1.82) is 0 Å². The average Bonchev–Trinajstić information content (AvgIpc) is 2.51. The molecule has 2 rings (SSSR count). The fourth-order valence-corrected chi connectivity index (χ4v) is 2.90. The molecule has 1 unspecified atom stereocenters. The minimum absolute atomic E-state index is 0. The summed E-state index contributed by atoms with van der Waals surface area (Å²) in [6, 6.07) is 5.14. The van der Waals surface area contributed by atoms with Crippen molar-refractivity contribution in [1.82, 2.24) is 10.2 Å². The van der Waals surface area contributed by atoms with Crippen LogP contribution in [0.1, 0.15) is 30.9 Å². The number of hydrogen-bond donors (Lipinski definition) is 1. The second-order valence-corrected chi connectivity index (χ2v) is 5.95. The average molecular weight is 435 g/mol. The third kappa shape index (κ3) is 5.91. The molecule has 23 heavy (non-hydrogen) atoms. The van der Waals surface area contributed by atoms with Gasteiger partial charge in [-0.1, -0.05) is 13.0 Å². The predicted molar refractivity (Wildman–Crippen MR) is 103 cm³/mol. The number of guanidine groups is 1. The molecule has 130 valence electrons. The highest BCUT2D eigenvalue weighted by Crippen LogP contribution is 2.16. The van der Waals surface area contributed by atoms with Crippen LogP contribution in [0.25, 0.3) is 0 Å². The molecule has 1 aromatic carbocycles. The van der Waals surface area contributed by atoms with E-state index in [4.69, 9.17) is 4.74 Å². The standard InChI is InChI=1S/C17H26FN3O.HI/c1-13-5-4-8-21(11-13)17(19-2)20-10-14-6-7-16(18)15(9-14)12-22-3;/h6-7,9,13H,4-5,8,10-12H2,1-3H3,(H,19,20);1H. The zero-order chi connectivity index (χ0) is 15.9. The number of nitrogens with one attached hydrogen (secondary N) is 1. The van der Waals surface area contributed by atoms with E-state index in [0.717, 1.165) is 24.6 Å². The van der Waals surface area contributed by atoms with Gasteiger partial charge in [-0.3, -0.25) is 4.99 Å². The molecular weight excluding hydrogens is 408 g/mol. The summed E-state index contributed by atoms with van der Waals surface area (Å²) in [5.41, 5.74) is 1.61. The van der Waals surface area contributed by atoms with Gasteiger partial charge in [0.2, 0.25) is 0 Å². The Hall–Kier alpha value is -0.890. The second kappa shape index (κ2) is 10.1. The lowest BCUT2D eigenvalue weighted by Gasteiger charge is -2.33. The van der Waals surface area contributed by atoms with Crippen molar-refractivity contribution >= 4 is 29.9 Å². The first kappa shape index (κ1) is 20.2. The van der Waals surface area contributed by atoms with Crippen LogP contribution in [-0.4, -0.2) is 38.1 Å². The molecule has 6 heteroatoms. The van der Waals surface area contributed by atoms with Crippen molar-refractivity contribution in [2.24, 2.45) is 10.9 Å². The first-order valence-electron chi connectivity index (χ1n) is 7.86. The number of aliphatic imine (C=N–C) groups is 1. The molecule has 1 aliphatic rings. The molecule has 1 fully saturated rings. The molecular formula is C17H27FIN3O. The van der Waals surface area contributed by atoms with Crippen LogP contribution in [0.15, 0.2) is 23.2 Å². The number of methoxy groups -OCH3 is 1. The molecule has 1 saturated heterocycles. The maximum Gasteiger partial charge on any atom is 0.193 e. The molecule has 1 heterocycles. The summed E-state index contributed by atoms with van der Waals surface area (Å²) in [5.74, 6) is 1.40. The van der Waals surface area contributed by atoms with E-state index in [1.165, 1.54) is 18.9 Å². The molecule has 1 aliphatic heterocycles. The van der Waals surface area contributed by atoms with E-state index in [-0.39, 0.29) is 36.4 Å². The van der Waals surface area contributed by atoms with Gasteiger partial charge >= 0.3 is 0 Å². The van der Waals surface area contributed by atoms with Gasteiger partial charge in [-0.15, -0.1) is 24.0 Å². The smallest absolute Gasteiger partial charge is 0.193 e. The molecule has 1 aromatic rings. The van der Waals surface area contributed by atoms with Gasteiger partial charge in [0.15, 0.2) is 5.96 Å². The number of hydrogen-bond acceptors (Lipinski definition) is 2. The number of piperidine rings is 1. The van der Waals surface area contributed by atoms with Gasteiger partial charge in [0.25, 0.3) is 0 Å². The molecule has 0 aromatic heterocycles. The number of benzene rings is 1. The monoisotopic (exact) mass is 435 g/mol. The lowest BCUT2D eigenvalue weighted by Crippen LogP contribution is -2.45. The predicted octanol–water partition coefficient (Wildman–Crippen LogP) is 3.40. The van der Waals surface area contributed by atoms with E-state index >= 15 is 0 Å². The zero-order valence-corrected chi connectivity index (χ0v) is 16.5. The highest BCUT2D eigenvalue weighted by atomic mass is 127. The maximum absolute atomic E-state index is 13.6. The maximum atomic E-state index is 13.6. The fraction of sp³-hybridized carbons (Fsp3) is 0.588.